The van der Waals surface area contributed by atoms with Crippen LogP contribution in [-0.2, 0) is 14.1 Å². The number of halogens is 2. The molecule has 2 aromatic rings. The lowest BCUT2D eigenvalue weighted by Gasteiger charge is -2.17. The van der Waals surface area contributed by atoms with Crippen LogP contribution in [0, 0.1) is 0 Å². The van der Waals surface area contributed by atoms with Crippen molar-refractivity contribution in [3.8, 4) is 0 Å². The van der Waals surface area contributed by atoms with E-state index in [4.69, 9.17) is 32.5 Å². The molecule has 0 saturated carbocycles. The van der Waals surface area contributed by atoms with Crippen LogP contribution in [0.15, 0.2) is 48.5 Å². The average Bonchev–Trinajstić information content (AvgIpc) is 2.68. The Labute approximate surface area is 171 Å². The van der Waals surface area contributed by atoms with Gasteiger partial charge in [-0.2, -0.15) is 0 Å². The molecule has 2 unspecified atom stereocenters. The highest BCUT2D eigenvalue weighted by molar-refractivity contribution is 7.00. The first-order valence-corrected chi connectivity index (χ1v) is 9.72. The molecule has 144 valence electrons. The van der Waals surface area contributed by atoms with E-state index in [0.29, 0.717) is 12.2 Å². The van der Waals surface area contributed by atoms with Crippen molar-refractivity contribution in [2.45, 2.75) is 32.1 Å². The maximum atomic E-state index is 13.0. The minimum atomic E-state index is -1.08. The summed E-state index contributed by atoms with van der Waals surface area (Å²) in [6.07, 6.45) is 2.76. The molecule has 0 N–H and O–H groups in total. The summed E-state index contributed by atoms with van der Waals surface area (Å²) in [6, 6.07) is 13.6. The molecule has 0 saturated heterocycles. The van der Waals surface area contributed by atoms with Crippen LogP contribution in [0.5, 0.6) is 0 Å². The van der Waals surface area contributed by atoms with Gasteiger partial charge in [0.2, 0.25) is 0 Å². The summed E-state index contributed by atoms with van der Waals surface area (Å²) in [7, 11) is 1.17. The van der Waals surface area contributed by atoms with Gasteiger partial charge in [-0.25, -0.2) is 0 Å². The molecular weight excluding hydrogens is 406 g/mol. The Hall–Kier alpha value is -1.74. The highest BCUT2D eigenvalue weighted by Crippen LogP contribution is 2.31. The second-order valence-electron chi connectivity index (χ2n) is 5.68. The number of hydrogen-bond donors (Lipinski definition) is 0. The Kier molecular flexibility index (Phi) is 10.9. The summed E-state index contributed by atoms with van der Waals surface area (Å²) in [6.45, 7) is 2.36. The molecule has 0 aliphatic carbocycles. The van der Waals surface area contributed by atoms with Gasteiger partial charge in [0.05, 0.1) is 22.2 Å². The second kappa shape index (κ2) is 12.6. The van der Waals surface area contributed by atoms with Crippen LogP contribution in [-0.4, -0.2) is 18.4 Å². The highest BCUT2D eigenvalue weighted by Gasteiger charge is 2.33. The lowest BCUT2D eigenvalue weighted by Crippen LogP contribution is -2.25. The van der Waals surface area contributed by atoms with Crippen LogP contribution >= 0.6 is 32.3 Å². The number of hydrogen-bond acceptors (Lipinski definition) is 4. The first-order chi connectivity index (χ1) is 13.1. The molecule has 2 rings (SSSR count). The van der Waals surface area contributed by atoms with E-state index in [1.54, 1.807) is 42.5 Å². The number of carbonyl (C=O) groups excluding carboxylic acids is 2. The molecule has 2 atom stereocenters. The quantitative estimate of drug-likeness (QED) is 0.173. The van der Waals surface area contributed by atoms with Crippen LogP contribution in [0.1, 0.15) is 48.0 Å². The van der Waals surface area contributed by atoms with Gasteiger partial charge in [0.25, 0.3) is 0 Å². The van der Waals surface area contributed by atoms with Gasteiger partial charge in [-0.3, -0.25) is 9.59 Å². The number of benzene rings is 2. The number of unbranched alkanes of at least 4 members (excludes halogenated alkanes) is 2. The van der Waals surface area contributed by atoms with Gasteiger partial charge in [-0.05, 0) is 24.1 Å². The Morgan fingerprint density at radius 3 is 2.11 bits per heavy atom. The molecule has 0 spiro atoms. The second-order valence-corrected chi connectivity index (χ2v) is 6.49. The largest absolute Gasteiger partial charge is 0.465 e. The molecule has 0 aliphatic heterocycles. The zero-order valence-electron chi connectivity index (χ0n) is 15.0. The number of carbonyl (C=O) groups is 2. The van der Waals surface area contributed by atoms with E-state index in [1.165, 1.54) is 9.12 Å². The van der Waals surface area contributed by atoms with E-state index in [9.17, 15) is 9.59 Å². The SMILES string of the molecule is CCCCCOC(=O)C(C(=O)c1c(Cl)cccc1Cl)c1ccccc1.O=[PH2+]. The summed E-state index contributed by atoms with van der Waals surface area (Å²) in [5, 5.41) is 0.439. The monoisotopic (exact) mass is 427 g/mol. The molecule has 0 aliphatic rings. The average molecular weight is 428 g/mol. The standard InChI is InChI=1S/C20H20Cl2O3.H2OP/c1-2-3-7-13-25-20(24)17(14-9-5-4-6-10-14)19(23)18-15(21)11-8-12-16(18)22;1-2/h4-6,8-12,17H,2-3,7,13H2,1H3;2H2/q;+1. The molecule has 2 aromatic carbocycles. The van der Waals surface area contributed by atoms with E-state index in [2.05, 4.69) is 6.92 Å². The summed E-state index contributed by atoms with van der Waals surface area (Å²) in [5.41, 5.74) is 0.703. The number of ether oxygens (including phenoxy) is 1. The predicted molar refractivity (Wildman–Crippen MR) is 111 cm³/mol. The third-order valence-electron chi connectivity index (χ3n) is 3.83. The van der Waals surface area contributed by atoms with Crippen molar-refractivity contribution in [1.29, 1.82) is 0 Å². The first kappa shape index (κ1) is 23.3. The first-order valence-electron chi connectivity index (χ1n) is 8.49. The van der Waals surface area contributed by atoms with Crippen molar-refractivity contribution >= 4 is 44.1 Å². The van der Waals surface area contributed by atoms with Crippen LogP contribution in [0.3, 0.4) is 0 Å². The maximum Gasteiger partial charge on any atom is 0.321 e. The van der Waals surface area contributed by atoms with Crippen LogP contribution in [0.25, 0.3) is 0 Å². The lowest BCUT2D eigenvalue weighted by molar-refractivity contribution is -0.144. The molecule has 0 radical (unpaired) electrons. The normalized spacial score (nSPS) is 11.1. The fraction of sp³-hybridized carbons (Fsp3) is 0.300. The Morgan fingerprint density at radius 2 is 1.56 bits per heavy atom. The van der Waals surface area contributed by atoms with Crippen molar-refractivity contribution in [2.24, 2.45) is 0 Å². The van der Waals surface area contributed by atoms with Crippen molar-refractivity contribution in [3.05, 3.63) is 69.7 Å². The van der Waals surface area contributed by atoms with Gasteiger partial charge < -0.3 is 4.74 Å². The van der Waals surface area contributed by atoms with Crippen molar-refractivity contribution < 1.29 is 18.9 Å². The van der Waals surface area contributed by atoms with Crippen LogP contribution in [0.2, 0.25) is 10.0 Å². The smallest absolute Gasteiger partial charge is 0.321 e. The number of ketones is 1. The molecule has 0 aromatic heterocycles. The van der Waals surface area contributed by atoms with E-state index < -0.39 is 17.7 Å². The molecule has 4 nitrogen and oxygen atoms in total. The van der Waals surface area contributed by atoms with E-state index >= 15 is 0 Å². The summed E-state index contributed by atoms with van der Waals surface area (Å²) in [5.74, 6) is -2.12. The van der Waals surface area contributed by atoms with Crippen molar-refractivity contribution in [1.82, 2.24) is 0 Å². The fourth-order valence-electron chi connectivity index (χ4n) is 2.53. The maximum absolute atomic E-state index is 13.0. The Balaban J connectivity index is 0.00000176. The fourth-order valence-corrected chi connectivity index (χ4v) is 3.11. The summed E-state index contributed by atoms with van der Waals surface area (Å²) >= 11 is 12.3. The van der Waals surface area contributed by atoms with Crippen molar-refractivity contribution in [2.75, 3.05) is 6.61 Å². The van der Waals surface area contributed by atoms with Gasteiger partial charge in [0.15, 0.2) is 5.78 Å². The summed E-state index contributed by atoms with van der Waals surface area (Å²) < 4.78 is 13.5. The van der Waals surface area contributed by atoms with Crippen LogP contribution in [0.4, 0.5) is 0 Å². The zero-order valence-corrected chi connectivity index (χ0v) is 17.7. The molecule has 0 heterocycles. The molecule has 0 amide bonds. The zero-order chi connectivity index (χ0) is 20.2. The minimum absolute atomic E-state index is 0.144. The van der Waals surface area contributed by atoms with Gasteiger partial charge in [0, 0.05) is 0 Å². The van der Waals surface area contributed by atoms with E-state index in [1.807, 2.05) is 6.07 Å². The topological polar surface area (TPSA) is 60.4 Å². The van der Waals surface area contributed by atoms with Gasteiger partial charge in [-0.1, -0.05) is 83.9 Å². The molecule has 0 bridgehead atoms. The minimum Gasteiger partial charge on any atom is -0.465 e. The molecule has 7 heteroatoms. The van der Waals surface area contributed by atoms with Gasteiger partial charge >= 0.3 is 15.1 Å². The predicted octanol–water partition coefficient (Wildman–Crippen LogP) is 5.90. The van der Waals surface area contributed by atoms with Gasteiger partial charge in [-0.15, -0.1) is 0 Å². The molecule has 27 heavy (non-hydrogen) atoms. The number of Topliss-reactive ketones (excluding diaryl/α,β-unsaturated/α-hetero) is 1. The third kappa shape index (κ3) is 6.73. The van der Waals surface area contributed by atoms with Crippen molar-refractivity contribution in [3.63, 3.8) is 0 Å². The molecular formula is C20H22Cl2O4P+. The van der Waals surface area contributed by atoms with Gasteiger partial charge in [0.1, 0.15) is 5.92 Å². The number of rotatable bonds is 8. The Bertz CT molecular complexity index is 733. The van der Waals surface area contributed by atoms with E-state index in [-0.39, 0.29) is 15.6 Å². The lowest BCUT2D eigenvalue weighted by atomic mass is 9.90. The van der Waals surface area contributed by atoms with Crippen LogP contribution < -0.4 is 0 Å². The Morgan fingerprint density at radius 1 is 0.963 bits per heavy atom. The summed E-state index contributed by atoms with van der Waals surface area (Å²) in [4.78, 5) is 25.7. The number of esters is 1. The van der Waals surface area contributed by atoms with E-state index in [0.717, 1.165) is 19.3 Å². The highest BCUT2D eigenvalue weighted by atomic mass is 35.5. The molecule has 0 fully saturated rings. The third-order valence-corrected chi connectivity index (χ3v) is 4.46.